The Morgan fingerprint density at radius 1 is 1.44 bits per heavy atom. The molecule has 2 rings (SSSR count). The first-order valence-corrected chi connectivity index (χ1v) is 6.68. The van der Waals surface area contributed by atoms with Gasteiger partial charge in [0, 0.05) is 5.75 Å². The topological polar surface area (TPSA) is 40.6 Å². The van der Waals surface area contributed by atoms with Crippen LogP contribution in [0.4, 0.5) is 0 Å². The molecule has 2 aliphatic rings. The van der Waals surface area contributed by atoms with Gasteiger partial charge in [-0.2, -0.15) is 0 Å². The van der Waals surface area contributed by atoms with Gasteiger partial charge in [-0.05, 0) is 33.9 Å². The minimum Gasteiger partial charge on any atom is -0.319 e. The Morgan fingerprint density at radius 2 is 2.12 bits per heavy atom. The molecule has 90 valence electrons. The van der Waals surface area contributed by atoms with Gasteiger partial charge in [-0.3, -0.25) is 14.5 Å². The molecule has 0 bridgehead atoms. The van der Waals surface area contributed by atoms with E-state index in [-0.39, 0.29) is 29.1 Å². The van der Waals surface area contributed by atoms with Crippen molar-refractivity contribution < 1.29 is 9.59 Å². The third kappa shape index (κ3) is 1.86. The zero-order valence-corrected chi connectivity index (χ0v) is 10.8. The second kappa shape index (κ2) is 4.37. The van der Waals surface area contributed by atoms with E-state index in [0.717, 1.165) is 18.6 Å². The van der Waals surface area contributed by atoms with Crippen molar-refractivity contribution in [2.24, 2.45) is 0 Å². The zero-order chi connectivity index (χ0) is 11.9. The van der Waals surface area contributed by atoms with Crippen LogP contribution in [-0.2, 0) is 9.59 Å². The van der Waals surface area contributed by atoms with Gasteiger partial charge >= 0.3 is 0 Å². The lowest BCUT2D eigenvalue weighted by Crippen LogP contribution is -2.56. The van der Waals surface area contributed by atoms with Gasteiger partial charge in [0.2, 0.25) is 5.91 Å². The van der Waals surface area contributed by atoms with Crippen LogP contribution in [0, 0.1) is 0 Å². The van der Waals surface area contributed by atoms with Crippen LogP contribution in [-0.4, -0.2) is 58.8 Å². The normalized spacial score (nSPS) is 34.4. The molecule has 5 heteroatoms. The molecule has 0 aromatic heterocycles. The molecule has 3 unspecified atom stereocenters. The van der Waals surface area contributed by atoms with Crippen molar-refractivity contribution >= 4 is 23.5 Å². The number of carbonyl (C=O) groups is 2. The molecule has 3 atom stereocenters. The number of thioether (sulfide) groups is 1. The molecule has 2 saturated heterocycles. The third-order valence-corrected chi connectivity index (χ3v) is 4.77. The fraction of sp³-hybridized carbons (Fsp3) is 0.818. The SMILES string of the molecule is CC(=O)C1CCC2SCC(N(C)C)C(=O)N21. The van der Waals surface area contributed by atoms with Crippen molar-refractivity contribution in [2.75, 3.05) is 19.8 Å². The molecule has 2 fully saturated rings. The molecule has 2 aliphatic heterocycles. The standard InChI is InChI=1S/C11H18N2O2S/c1-7(14)8-4-5-10-13(8)11(15)9(6-16-10)12(2)3/h8-10H,4-6H2,1-3H3. The number of amides is 1. The molecule has 0 N–H and O–H groups in total. The number of ketones is 1. The largest absolute Gasteiger partial charge is 0.319 e. The van der Waals surface area contributed by atoms with E-state index in [2.05, 4.69) is 0 Å². The number of fused-ring (bicyclic) bond motifs is 1. The lowest BCUT2D eigenvalue weighted by atomic mass is 10.1. The second-order valence-electron chi connectivity index (χ2n) is 4.72. The maximum absolute atomic E-state index is 12.3. The van der Waals surface area contributed by atoms with Gasteiger partial charge in [0.05, 0.1) is 17.5 Å². The highest BCUT2D eigenvalue weighted by Gasteiger charge is 2.45. The number of rotatable bonds is 2. The predicted octanol–water partition coefficient (Wildman–Crippen LogP) is 0.569. The fourth-order valence-electron chi connectivity index (χ4n) is 2.45. The van der Waals surface area contributed by atoms with Crippen LogP contribution in [0.5, 0.6) is 0 Å². The third-order valence-electron chi connectivity index (χ3n) is 3.41. The van der Waals surface area contributed by atoms with Gasteiger partial charge in [0.1, 0.15) is 0 Å². The Bertz CT molecular complexity index is 319. The molecule has 4 nitrogen and oxygen atoms in total. The number of hydrogen-bond acceptors (Lipinski definition) is 4. The first-order chi connectivity index (χ1) is 7.52. The maximum atomic E-state index is 12.3. The van der Waals surface area contributed by atoms with Gasteiger partial charge in [-0.25, -0.2) is 0 Å². The van der Waals surface area contributed by atoms with Crippen LogP contribution in [0.2, 0.25) is 0 Å². The summed E-state index contributed by atoms with van der Waals surface area (Å²) in [6.07, 6.45) is 1.79. The van der Waals surface area contributed by atoms with Crippen LogP contribution in [0.25, 0.3) is 0 Å². The first kappa shape index (κ1) is 11.9. The van der Waals surface area contributed by atoms with Crippen LogP contribution in [0.15, 0.2) is 0 Å². The van der Waals surface area contributed by atoms with Gasteiger partial charge in [-0.15, -0.1) is 11.8 Å². The quantitative estimate of drug-likeness (QED) is 0.710. The van der Waals surface area contributed by atoms with Crippen LogP contribution in [0.3, 0.4) is 0 Å². The minimum atomic E-state index is -0.173. The van der Waals surface area contributed by atoms with Crippen LogP contribution < -0.4 is 0 Å². The number of Topliss-reactive ketones (excluding diaryl/α,β-unsaturated/α-hetero) is 1. The molecule has 0 aromatic rings. The predicted molar refractivity (Wildman–Crippen MR) is 64.3 cm³/mol. The Balaban J connectivity index is 2.19. The van der Waals surface area contributed by atoms with Crippen molar-refractivity contribution in [3.63, 3.8) is 0 Å². The highest BCUT2D eigenvalue weighted by Crippen LogP contribution is 2.37. The molecule has 2 heterocycles. The zero-order valence-electron chi connectivity index (χ0n) is 9.97. The minimum absolute atomic E-state index is 0.0683. The molecule has 1 amide bonds. The first-order valence-electron chi connectivity index (χ1n) is 5.63. The van der Waals surface area contributed by atoms with E-state index in [1.54, 1.807) is 18.7 Å². The summed E-state index contributed by atoms with van der Waals surface area (Å²) >= 11 is 1.81. The number of nitrogens with zero attached hydrogens (tertiary/aromatic N) is 2. The molecule has 0 aliphatic carbocycles. The summed E-state index contributed by atoms with van der Waals surface area (Å²) in [6, 6.07) is -0.242. The number of likely N-dealkylation sites (N-methyl/N-ethyl adjacent to an activating group) is 1. The fourth-order valence-corrected chi connectivity index (χ4v) is 4.01. The molecular formula is C11H18N2O2S. The summed E-state index contributed by atoms with van der Waals surface area (Å²) in [5.74, 6) is 1.10. The summed E-state index contributed by atoms with van der Waals surface area (Å²) < 4.78 is 0. The summed E-state index contributed by atoms with van der Waals surface area (Å²) in [5.41, 5.74) is 0. The van der Waals surface area contributed by atoms with Crippen LogP contribution >= 0.6 is 11.8 Å². The van der Waals surface area contributed by atoms with Crippen molar-refractivity contribution in [1.29, 1.82) is 0 Å². The van der Waals surface area contributed by atoms with Crippen molar-refractivity contribution in [2.45, 2.75) is 37.2 Å². The molecule has 16 heavy (non-hydrogen) atoms. The van der Waals surface area contributed by atoms with E-state index in [9.17, 15) is 9.59 Å². The average Bonchev–Trinajstić information content (AvgIpc) is 2.61. The van der Waals surface area contributed by atoms with E-state index in [0.29, 0.717) is 0 Å². The molecule has 0 aromatic carbocycles. The van der Waals surface area contributed by atoms with E-state index in [4.69, 9.17) is 0 Å². The number of carbonyl (C=O) groups excluding carboxylic acids is 2. The average molecular weight is 242 g/mol. The van der Waals surface area contributed by atoms with E-state index >= 15 is 0 Å². The molecule has 0 spiro atoms. The Labute approximate surface area is 100 Å². The highest BCUT2D eigenvalue weighted by molar-refractivity contribution is 8.00. The Morgan fingerprint density at radius 3 is 2.69 bits per heavy atom. The Hall–Kier alpha value is -0.550. The highest BCUT2D eigenvalue weighted by atomic mass is 32.2. The molecule has 0 saturated carbocycles. The molecule has 0 radical (unpaired) electrons. The van der Waals surface area contributed by atoms with Crippen molar-refractivity contribution in [3.8, 4) is 0 Å². The lowest BCUT2D eigenvalue weighted by Gasteiger charge is -2.39. The summed E-state index contributed by atoms with van der Waals surface area (Å²) in [4.78, 5) is 27.6. The number of hydrogen-bond donors (Lipinski definition) is 0. The van der Waals surface area contributed by atoms with Gasteiger partial charge in [0.25, 0.3) is 0 Å². The van der Waals surface area contributed by atoms with Crippen molar-refractivity contribution in [1.82, 2.24) is 9.80 Å². The van der Waals surface area contributed by atoms with E-state index in [1.165, 1.54) is 0 Å². The Kier molecular flexibility index (Phi) is 3.26. The molecular weight excluding hydrogens is 224 g/mol. The smallest absolute Gasteiger partial charge is 0.242 e. The van der Waals surface area contributed by atoms with E-state index < -0.39 is 0 Å². The lowest BCUT2D eigenvalue weighted by molar-refractivity contribution is -0.141. The summed E-state index contributed by atoms with van der Waals surface area (Å²) in [5, 5.41) is 0.234. The van der Waals surface area contributed by atoms with Gasteiger partial charge in [-0.1, -0.05) is 0 Å². The maximum Gasteiger partial charge on any atom is 0.242 e. The second-order valence-corrected chi connectivity index (χ2v) is 5.93. The van der Waals surface area contributed by atoms with Crippen molar-refractivity contribution in [3.05, 3.63) is 0 Å². The summed E-state index contributed by atoms with van der Waals surface area (Å²) in [6.45, 7) is 1.59. The summed E-state index contributed by atoms with van der Waals surface area (Å²) in [7, 11) is 3.84. The monoisotopic (exact) mass is 242 g/mol. The van der Waals surface area contributed by atoms with Gasteiger partial charge < -0.3 is 4.90 Å². The van der Waals surface area contributed by atoms with E-state index in [1.807, 2.05) is 23.9 Å². The van der Waals surface area contributed by atoms with Crippen LogP contribution in [0.1, 0.15) is 19.8 Å². The van der Waals surface area contributed by atoms with Gasteiger partial charge in [0.15, 0.2) is 5.78 Å².